The number of anilines is 5. The van der Waals surface area contributed by atoms with Crippen LogP contribution in [0.3, 0.4) is 0 Å². The fraction of sp³-hybridized carbons (Fsp3) is 0.00990. The van der Waals surface area contributed by atoms with Gasteiger partial charge in [-0.25, -0.2) is 19.9 Å². The highest BCUT2D eigenvalue weighted by molar-refractivity contribution is 9.10. The van der Waals surface area contributed by atoms with Crippen LogP contribution in [0.25, 0.3) is 145 Å². The van der Waals surface area contributed by atoms with Crippen LogP contribution in [0.4, 0.5) is 28.4 Å². The van der Waals surface area contributed by atoms with Gasteiger partial charge < -0.3 is 16.4 Å². The van der Waals surface area contributed by atoms with Gasteiger partial charge in [-0.1, -0.05) is 233 Å². The smallest absolute Gasteiger partial charge is 0.220 e. The third kappa shape index (κ3) is 13.0. The first-order valence-electron chi connectivity index (χ1n) is 39.3. The monoisotopic (exact) mass is 1680 g/mol. The van der Waals surface area contributed by atoms with Gasteiger partial charge >= 0.3 is 0 Å². The van der Waals surface area contributed by atoms with E-state index in [0.29, 0.717) is 20.8 Å². The van der Waals surface area contributed by atoms with Crippen LogP contribution in [0.5, 0.6) is 0 Å². The summed E-state index contributed by atoms with van der Waals surface area (Å²) in [4.78, 5) is 20.0. The molecule has 0 atom stereocenters. The second kappa shape index (κ2) is 30.8. The zero-order valence-corrected chi connectivity index (χ0v) is 67.9. The van der Waals surface area contributed by atoms with Gasteiger partial charge in [0.25, 0.3) is 0 Å². The lowest BCUT2D eigenvalue weighted by molar-refractivity contribution is 1.11. The Kier molecular flexibility index (Phi) is 18.7. The van der Waals surface area contributed by atoms with Gasteiger partial charge in [-0.2, -0.15) is 0 Å². The predicted octanol–water partition coefficient (Wildman–Crippen LogP) is 26.8. The van der Waals surface area contributed by atoms with Crippen molar-refractivity contribution < 1.29 is 0 Å². The number of nitrogen functional groups attached to an aromatic ring is 1. The highest BCUT2D eigenvalue weighted by atomic mass is 79.9. The number of fused-ring (bicyclic) bond motifs is 23. The Balaban J connectivity index is 0.0000000962. The Morgan fingerprint density at radius 1 is 0.258 bits per heavy atom. The topological polar surface area (TPSA) is 139 Å². The molecule has 8 aromatic heterocycles. The summed E-state index contributed by atoms with van der Waals surface area (Å²) in [6, 6.07) is 130. The fourth-order valence-corrected chi connectivity index (χ4v) is 17.5. The summed E-state index contributed by atoms with van der Waals surface area (Å²) < 4.78 is 18.9. The van der Waals surface area contributed by atoms with Crippen LogP contribution in [0, 0.1) is 0 Å². The Hall–Kier alpha value is -14.7. The molecule has 1 aliphatic carbocycles. The van der Waals surface area contributed by atoms with Crippen LogP contribution < -0.4 is 16.4 Å². The molecular formula is C101H69BrCl3N15. The second-order valence-electron chi connectivity index (χ2n) is 29.2. The number of nitrogens with zero attached hydrogens (tertiary/aromatic N) is 12. The van der Waals surface area contributed by atoms with Crippen LogP contribution in [-0.4, -0.2) is 55.8 Å². The number of aromatic nitrogens is 12. The summed E-state index contributed by atoms with van der Waals surface area (Å²) in [7, 11) is 0. The second-order valence-corrected chi connectivity index (χ2v) is 31.4. The number of nitrogens with one attached hydrogen (secondary N) is 2. The maximum absolute atomic E-state index is 6.31. The third-order valence-corrected chi connectivity index (χ3v) is 23.4. The molecular weight excluding hydrogens is 1610 g/mol. The number of halogens is 4. The molecule has 15 nitrogen and oxygen atoms in total. The minimum atomic E-state index is 0.618. The maximum atomic E-state index is 6.31. The van der Waals surface area contributed by atoms with E-state index in [1.807, 2.05) is 78.9 Å². The number of hydrogen-bond donors (Lipinski definition) is 3. The Labute approximate surface area is 710 Å². The van der Waals surface area contributed by atoms with E-state index in [-0.39, 0.29) is 0 Å². The molecule has 0 bridgehead atoms. The standard InChI is InChI=1S/C26H17N3.2C25H17ClN4.C19H12BrN3.C6H6ClN/c1-2-9-19(10-3-1)28-23-12-6-7-13-24(23)29-25-16-21-18(15-22(25)27-26(28)29)14-17-8-4-5-11-20(17)21;2*26-19-10-4-5-11-20(19)27-17-14-15-22-21(16-17)28-25-29(18-8-2-1-3-9-18)23-12-6-7-13-24(23)30(22)25;20-13-10-11-16-15(12-13)21-19-22(14-6-2-1-3-7-14)17-8-4-5-9-18(17)23(16)19;7-5-3-1-2-4-6(5)8/h1-13,15-16H,14H2;2*1-16,27H;1-12H;1-4H,8H2. The predicted molar refractivity (Wildman–Crippen MR) is 499 cm³/mol. The van der Waals surface area contributed by atoms with Gasteiger partial charge in [0, 0.05) is 38.6 Å². The molecule has 8 heterocycles. The van der Waals surface area contributed by atoms with Gasteiger partial charge in [-0.05, 0) is 229 Å². The van der Waals surface area contributed by atoms with Crippen molar-refractivity contribution in [3.63, 3.8) is 0 Å². The van der Waals surface area contributed by atoms with Crippen molar-refractivity contribution in [2.75, 3.05) is 16.4 Å². The van der Waals surface area contributed by atoms with Crippen molar-refractivity contribution in [3.05, 3.63) is 413 Å². The molecule has 25 rings (SSSR count). The number of imidazole rings is 8. The van der Waals surface area contributed by atoms with Gasteiger partial charge in [-0.3, -0.25) is 35.9 Å². The molecule has 4 N–H and O–H groups in total. The minimum absolute atomic E-state index is 0.618. The summed E-state index contributed by atoms with van der Waals surface area (Å²) in [5.41, 5.74) is 37.1. The Morgan fingerprint density at radius 2 is 0.575 bits per heavy atom. The van der Waals surface area contributed by atoms with E-state index in [1.54, 1.807) is 12.1 Å². The summed E-state index contributed by atoms with van der Waals surface area (Å²) in [5, 5.41) is 8.79. The van der Waals surface area contributed by atoms with Crippen molar-refractivity contribution in [1.82, 2.24) is 55.8 Å². The minimum Gasteiger partial charge on any atom is -0.398 e. The molecule has 0 aliphatic heterocycles. The summed E-state index contributed by atoms with van der Waals surface area (Å²) in [5.74, 6) is 3.69. The van der Waals surface area contributed by atoms with Crippen molar-refractivity contribution in [2.24, 2.45) is 0 Å². The van der Waals surface area contributed by atoms with E-state index in [2.05, 4.69) is 354 Å². The molecule has 0 unspecified atom stereocenters. The van der Waals surface area contributed by atoms with E-state index >= 15 is 0 Å². The Morgan fingerprint density at radius 3 is 0.958 bits per heavy atom. The van der Waals surface area contributed by atoms with Crippen molar-refractivity contribution in [3.8, 4) is 33.9 Å². The first kappa shape index (κ1) is 73.0. The molecule has 0 spiro atoms. The van der Waals surface area contributed by atoms with Gasteiger partial charge in [0.15, 0.2) is 0 Å². The molecule has 19 heteroatoms. The molecule has 0 fully saturated rings. The summed E-state index contributed by atoms with van der Waals surface area (Å²) in [6.07, 6.45) is 0.989. The van der Waals surface area contributed by atoms with Crippen LogP contribution in [0.2, 0.25) is 15.1 Å². The largest absolute Gasteiger partial charge is 0.398 e. The highest BCUT2D eigenvalue weighted by Crippen LogP contribution is 2.42. The quantitative estimate of drug-likeness (QED) is 0.129. The summed E-state index contributed by atoms with van der Waals surface area (Å²) in [6.45, 7) is 0. The van der Waals surface area contributed by atoms with Crippen molar-refractivity contribution in [2.45, 2.75) is 6.42 Å². The van der Waals surface area contributed by atoms with E-state index in [4.69, 9.17) is 60.5 Å². The van der Waals surface area contributed by atoms with Gasteiger partial charge in [0.05, 0.1) is 120 Å². The van der Waals surface area contributed by atoms with E-state index in [9.17, 15) is 0 Å². The van der Waals surface area contributed by atoms with Crippen LogP contribution in [-0.2, 0) is 6.42 Å². The lowest BCUT2D eigenvalue weighted by atomic mass is 10.1. The van der Waals surface area contributed by atoms with E-state index < -0.39 is 0 Å². The highest BCUT2D eigenvalue weighted by Gasteiger charge is 2.25. The lowest BCUT2D eigenvalue weighted by Gasteiger charge is -2.08. The number of para-hydroxylation sites is 15. The first-order valence-corrected chi connectivity index (χ1v) is 41.2. The molecule has 0 saturated heterocycles. The van der Waals surface area contributed by atoms with Crippen molar-refractivity contribution in [1.29, 1.82) is 0 Å². The molecule has 120 heavy (non-hydrogen) atoms. The molecule has 16 aromatic carbocycles. The number of nitrogens with two attached hydrogens (primary N) is 1. The Bertz CT molecular complexity index is 7780. The van der Waals surface area contributed by atoms with Crippen molar-refractivity contribution >= 4 is 191 Å². The normalized spacial score (nSPS) is 11.7. The van der Waals surface area contributed by atoms with Gasteiger partial charge in [0.1, 0.15) is 0 Å². The number of benzene rings is 16. The lowest BCUT2D eigenvalue weighted by Crippen LogP contribution is -1.94. The fourth-order valence-electron chi connectivity index (χ4n) is 16.6. The van der Waals surface area contributed by atoms with Crippen LogP contribution >= 0.6 is 50.7 Å². The average Bonchev–Trinajstić information content (AvgIpc) is 1.56. The molecule has 24 aromatic rings. The average molecular weight is 1680 g/mol. The van der Waals surface area contributed by atoms with Gasteiger partial charge in [-0.15, -0.1) is 0 Å². The molecule has 0 radical (unpaired) electrons. The van der Waals surface area contributed by atoms with Gasteiger partial charge in [0.2, 0.25) is 23.1 Å². The van der Waals surface area contributed by atoms with E-state index in [1.165, 1.54) is 38.8 Å². The zero-order chi connectivity index (χ0) is 80.5. The molecule has 1 aliphatic rings. The molecule has 0 saturated carbocycles. The maximum Gasteiger partial charge on any atom is 0.220 e. The third-order valence-electron chi connectivity index (χ3n) is 21.9. The molecule has 576 valence electrons. The molecule has 0 amide bonds. The zero-order valence-electron chi connectivity index (χ0n) is 64.0. The number of hydrogen-bond acceptors (Lipinski definition) is 7. The SMILES string of the molecule is Brc1ccc2c(c1)nc1n(-c3ccccc3)c3ccccc3n21.Clc1ccccc1Nc1ccc2c(c1)nc1n(-c3ccccc3)c3ccccc3n21.Clc1ccccc1Nc1ccc2c(c1)nc1n(-c3ccccc3)c3ccccc3n21.Nc1ccccc1Cl.c1ccc(-n2c3ccccc3n3c4cc5c(cc4nc23)Cc2ccccc2-5)cc1. The first-order chi connectivity index (χ1) is 59.1. The van der Waals surface area contributed by atoms with Crippen LogP contribution in [0.1, 0.15) is 11.1 Å². The summed E-state index contributed by atoms with van der Waals surface area (Å²) >= 11 is 21.7. The number of rotatable bonds is 8. The van der Waals surface area contributed by atoms with E-state index in [0.717, 1.165) is 151 Å². The van der Waals surface area contributed by atoms with Crippen LogP contribution in [0.15, 0.2) is 387 Å².